The molecule has 44 heavy (non-hydrogen) atoms. The van der Waals surface area contributed by atoms with Crippen LogP contribution in [-0.4, -0.2) is 48.7 Å². The number of aliphatic imine (C=N–C) groups is 1. The summed E-state index contributed by atoms with van der Waals surface area (Å²) in [6, 6.07) is 11.6. The molecule has 3 aromatic rings. The van der Waals surface area contributed by atoms with E-state index in [-0.39, 0.29) is 29.4 Å². The zero-order valence-electron chi connectivity index (χ0n) is 25.4. The van der Waals surface area contributed by atoms with Gasteiger partial charge in [-0.15, -0.1) is 10.2 Å². The van der Waals surface area contributed by atoms with E-state index in [0.29, 0.717) is 39.9 Å². The lowest BCUT2D eigenvalue weighted by atomic mass is 9.73. The molecule has 0 unspecified atom stereocenters. The molecule has 2 fully saturated rings. The Bertz CT molecular complexity index is 1540. The fourth-order valence-electron chi connectivity index (χ4n) is 6.92. The molecule has 232 valence electrons. The molecular formula is C33H39ClFN7O2. The monoisotopic (exact) mass is 619 g/mol. The molecular weight excluding hydrogens is 581 g/mol. The molecule has 3 aliphatic rings. The number of nitrogens with one attached hydrogen (secondary N) is 2. The molecule has 11 heteroatoms. The maximum absolute atomic E-state index is 14.5. The van der Waals surface area contributed by atoms with Crippen molar-refractivity contribution in [3.05, 3.63) is 75.8 Å². The first-order chi connectivity index (χ1) is 21.1. The Kier molecular flexibility index (Phi) is 8.30. The largest absolute Gasteiger partial charge is 0.345 e. The fourth-order valence-corrected chi connectivity index (χ4v) is 7.10. The molecule has 1 aliphatic heterocycles. The summed E-state index contributed by atoms with van der Waals surface area (Å²) in [4.78, 5) is 34.5. The number of aromatic amines is 1. The average Bonchev–Trinajstić information content (AvgIpc) is 3.42. The first-order valence-corrected chi connectivity index (χ1v) is 16.0. The molecule has 2 heterocycles. The molecule has 2 aromatic carbocycles. The number of amides is 2. The van der Waals surface area contributed by atoms with E-state index in [1.54, 1.807) is 18.2 Å². The number of carbonyl (C=O) groups excluding carboxylic acids is 2. The van der Waals surface area contributed by atoms with Gasteiger partial charge in [0.25, 0.3) is 11.8 Å². The van der Waals surface area contributed by atoms with Crippen LogP contribution in [0.1, 0.15) is 105 Å². The highest BCUT2D eigenvalue weighted by Gasteiger charge is 2.55. The van der Waals surface area contributed by atoms with Crippen LogP contribution in [0.2, 0.25) is 5.02 Å². The van der Waals surface area contributed by atoms with Gasteiger partial charge in [0.15, 0.2) is 5.82 Å². The second-order valence-corrected chi connectivity index (χ2v) is 13.7. The SMILES string of the molecule is CC(C)CC[C@H](c1ccc(C(=O)NCc2nn[nH]n2)cc1)N1C(=O)C(c2ccc(F)c(Cl)c2)=NC12CCC(C1(C)CC1)CC2. The van der Waals surface area contributed by atoms with E-state index in [0.717, 1.165) is 44.1 Å². The predicted octanol–water partition coefficient (Wildman–Crippen LogP) is 6.42. The van der Waals surface area contributed by atoms with Crippen molar-refractivity contribution < 1.29 is 14.0 Å². The molecule has 2 amide bonds. The maximum Gasteiger partial charge on any atom is 0.275 e. The average molecular weight is 620 g/mol. The summed E-state index contributed by atoms with van der Waals surface area (Å²) in [6.07, 6.45) is 7.79. The highest BCUT2D eigenvalue weighted by molar-refractivity contribution is 6.47. The molecule has 0 saturated heterocycles. The van der Waals surface area contributed by atoms with Gasteiger partial charge in [-0.25, -0.2) is 4.39 Å². The highest BCUT2D eigenvalue weighted by atomic mass is 35.5. The predicted molar refractivity (Wildman–Crippen MR) is 165 cm³/mol. The third-order valence-electron chi connectivity index (χ3n) is 9.88. The Morgan fingerprint density at radius 2 is 1.84 bits per heavy atom. The molecule has 0 bridgehead atoms. The molecule has 2 saturated carbocycles. The smallest absolute Gasteiger partial charge is 0.275 e. The third kappa shape index (κ3) is 6.01. The summed E-state index contributed by atoms with van der Waals surface area (Å²) in [5.41, 5.74) is 2.06. The lowest BCUT2D eigenvalue weighted by molar-refractivity contribution is -0.133. The van der Waals surface area contributed by atoms with Crippen LogP contribution in [0, 0.1) is 23.1 Å². The van der Waals surface area contributed by atoms with Crippen LogP contribution in [0.5, 0.6) is 0 Å². The third-order valence-corrected chi connectivity index (χ3v) is 10.2. The van der Waals surface area contributed by atoms with Gasteiger partial charge >= 0.3 is 0 Å². The second kappa shape index (κ2) is 12.0. The number of tetrazole rings is 1. The molecule has 9 nitrogen and oxygen atoms in total. The van der Waals surface area contributed by atoms with Crippen LogP contribution in [0.4, 0.5) is 4.39 Å². The molecule has 2 N–H and O–H groups in total. The van der Waals surface area contributed by atoms with Gasteiger partial charge in [0, 0.05) is 11.1 Å². The van der Waals surface area contributed by atoms with E-state index >= 15 is 0 Å². The first-order valence-electron chi connectivity index (χ1n) is 15.6. The Morgan fingerprint density at radius 1 is 1.11 bits per heavy atom. The number of rotatable bonds is 10. The van der Waals surface area contributed by atoms with Crippen molar-refractivity contribution in [3.63, 3.8) is 0 Å². The minimum Gasteiger partial charge on any atom is -0.345 e. The topological polar surface area (TPSA) is 116 Å². The van der Waals surface area contributed by atoms with E-state index in [2.05, 4.69) is 46.7 Å². The van der Waals surface area contributed by atoms with Gasteiger partial charge in [0.05, 0.1) is 17.6 Å². The van der Waals surface area contributed by atoms with E-state index < -0.39 is 11.5 Å². The van der Waals surface area contributed by atoms with Gasteiger partial charge in [0.1, 0.15) is 17.2 Å². The number of hydrogen-bond acceptors (Lipinski definition) is 6. The van der Waals surface area contributed by atoms with Gasteiger partial charge in [-0.2, -0.15) is 5.21 Å². The van der Waals surface area contributed by atoms with Gasteiger partial charge in [-0.3, -0.25) is 14.6 Å². The Balaban J connectivity index is 1.32. The number of halogens is 2. The summed E-state index contributed by atoms with van der Waals surface area (Å²) >= 11 is 6.17. The van der Waals surface area contributed by atoms with Gasteiger partial charge in [-0.05, 0) is 105 Å². The summed E-state index contributed by atoms with van der Waals surface area (Å²) in [5.74, 6) is 0.527. The van der Waals surface area contributed by atoms with Crippen molar-refractivity contribution in [2.75, 3.05) is 0 Å². The normalized spacial score (nSPS) is 23.2. The summed E-state index contributed by atoms with van der Waals surface area (Å²) in [5, 5.41) is 16.4. The summed E-state index contributed by atoms with van der Waals surface area (Å²) < 4.78 is 14.1. The van der Waals surface area contributed by atoms with E-state index in [4.69, 9.17) is 16.6 Å². The van der Waals surface area contributed by atoms with E-state index in [1.807, 2.05) is 17.0 Å². The first kappa shape index (κ1) is 30.4. The number of carbonyl (C=O) groups is 2. The molecule has 0 radical (unpaired) electrons. The van der Waals surface area contributed by atoms with Crippen LogP contribution in [0.15, 0.2) is 47.5 Å². The standard InChI is InChI=1S/C33H39ClFN7O2/c1-20(2)4-11-27(21-5-7-22(8-6-21)30(43)36-19-28-38-40-41-39-28)42-31(44)29(23-9-10-26(35)25(34)18-23)37-33(42)14-12-24(13-15-33)32(3)16-17-32/h5-10,18,20,24,27H,4,11-17,19H2,1-3H3,(H,36,43)(H,38,39,40,41)/t24?,27-,33?/m1/s1. The molecule has 6 rings (SSSR count). The van der Waals surface area contributed by atoms with E-state index in [9.17, 15) is 14.0 Å². The van der Waals surface area contributed by atoms with Crippen LogP contribution < -0.4 is 5.32 Å². The lowest BCUT2D eigenvalue weighted by Crippen LogP contribution is -2.51. The van der Waals surface area contributed by atoms with Crippen molar-refractivity contribution >= 4 is 29.1 Å². The summed E-state index contributed by atoms with van der Waals surface area (Å²) in [6.45, 7) is 6.90. The number of nitrogens with zero attached hydrogens (tertiary/aromatic N) is 5. The van der Waals surface area contributed by atoms with Crippen LogP contribution in [0.25, 0.3) is 0 Å². The molecule has 1 atom stereocenters. The number of H-pyrrole nitrogens is 1. The Labute approximate surface area is 262 Å². The highest BCUT2D eigenvalue weighted by Crippen LogP contribution is 2.58. The summed E-state index contributed by atoms with van der Waals surface area (Å²) in [7, 11) is 0. The van der Waals surface area contributed by atoms with Crippen LogP contribution >= 0.6 is 11.6 Å². The Hall–Kier alpha value is -3.66. The minimum atomic E-state index is -0.683. The number of benzene rings is 2. The van der Waals surface area contributed by atoms with Gasteiger partial charge < -0.3 is 10.2 Å². The lowest BCUT2D eigenvalue weighted by Gasteiger charge is -2.46. The maximum atomic E-state index is 14.5. The minimum absolute atomic E-state index is 0.0274. The van der Waals surface area contributed by atoms with Gasteiger partial charge in [-0.1, -0.05) is 49.7 Å². The fraction of sp³-hybridized carbons (Fsp3) is 0.515. The van der Waals surface area contributed by atoms with Crippen molar-refractivity contribution in [1.29, 1.82) is 0 Å². The van der Waals surface area contributed by atoms with Crippen molar-refractivity contribution in [2.45, 2.75) is 90.4 Å². The van der Waals surface area contributed by atoms with E-state index in [1.165, 1.54) is 25.0 Å². The molecule has 1 spiro atoms. The molecule has 2 aliphatic carbocycles. The van der Waals surface area contributed by atoms with Crippen LogP contribution in [0.3, 0.4) is 0 Å². The van der Waals surface area contributed by atoms with Crippen molar-refractivity contribution in [3.8, 4) is 0 Å². The Morgan fingerprint density at radius 3 is 2.45 bits per heavy atom. The number of hydrogen-bond donors (Lipinski definition) is 2. The van der Waals surface area contributed by atoms with Gasteiger partial charge in [0.2, 0.25) is 0 Å². The van der Waals surface area contributed by atoms with Crippen molar-refractivity contribution in [2.24, 2.45) is 22.2 Å². The number of aromatic nitrogens is 4. The zero-order valence-corrected chi connectivity index (χ0v) is 26.2. The quantitative estimate of drug-likeness (QED) is 0.272. The van der Waals surface area contributed by atoms with Crippen molar-refractivity contribution in [1.82, 2.24) is 30.8 Å². The second-order valence-electron chi connectivity index (χ2n) is 13.3. The molecule has 1 aromatic heterocycles. The zero-order chi connectivity index (χ0) is 31.1. The van der Waals surface area contributed by atoms with Crippen LogP contribution in [-0.2, 0) is 11.3 Å².